The van der Waals surface area contributed by atoms with Gasteiger partial charge in [0.2, 0.25) is 0 Å². The molecule has 0 bridgehead atoms. The number of nitrogen functional groups attached to an aromatic ring is 1. The molecule has 4 aromatic rings. The SMILES string of the molecule is CC(=O)c1c(N2CCc3oc(C)nc3C2)ncc(-c2cnc3ccc(F)cc3c2)cnn(C)c1N. The maximum Gasteiger partial charge on any atom is 0.191 e. The molecule has 0 atom stereocenters. The molecule has 0 amide bonds. The van der Waals surface area contributed by atoms with Gasteiger partial charge >= 0.3 is 0 Å². The number of hydrogen-bond donors (Lipinski definition) is 1. The van der Waals surface area contributed by atoms with Crippen molar-refractivity contribution < 1.29 is 13.6 Å². The molecule has 2 N–H and O–H groups in total. The smallest absolute Gasteiger partial charge is 0.191 e. The Morgan fingerprint density at radius 2 is 1.94 bits per heavy atom. The third-order valence-corrected chi connectivity index (χ3v) is 5.99. The van der Waals surface area contributed by atoms with Crippen molar-refractivity contribution >= 4 is 28.3 Å². The Morgan fingerprint density at radius 3 is 2.74 bits per heavy atom. The molecule has 0 spiro atoms. The summed E-state index contributed by atoms with van der Waals surface area (Å²) in [4.78, 5) is 28.4. The summed E-state index contributed by atoms with van der Waals surface area (Å²) in [5.41, 5.74) is 9.46. The van der Waals surface area contributed by atoms with E-state index in [0.29, 0.717) is 53.2 Å². The second kappa shape index (κ2) is 8.79. The summed E-state index contributed by atoms with van der Waals surface area (Å²) < 4.78 is 20.9. The minimum Gasteiger partial charge on any atom is -0.446 e. The molecule has 1 aliphatic heterocycles. The van der Waals surface area contributed by atoms with E-state index in [1.165, 1.54) is 23.7 Å². The molecule has 35 heavy (non-hydrogen) atoms. The summed E-state index contributed by atoms with van der Waals surface area (Å²) in [6.07, 6.45) is 5.52. The van der Waals surface area contributed by atoms with Crippen molar-refractivity contribution in [2.24, 2.45) is 7.05 Å². The lowest BCUT2D eigenvalue weighted by Crippen LogP contribution is -2.32. The minimum absolute atomic E-state index is 0.183. The number of pyridine rings is 1. The normalized spacial score (nSPS) is 13.0. The Hall–Kier alpha value is -4.34. The molecular weight excluding hydrogens is 449 g/mol. The van der Waals surface area contributed by atoms with E-state index in [1.807, 2.05) is 17.9 Å². The molecule has 0 fully saturated rings. The first-order valence-corrected chi connectivity index (χ1v) is 11.1. The summed E-state index contributed by atoms with van der Waals surface area (Å²) in [5, 5.41) is 5.07. The van der Waals surface area contributed by atoms with Gasteiger partial charge in [0.1, 0.15) is 34.5 Å². The lowest BCUT2D eigenvalue weighted by molar-refractivity contribution is 0.101. The number of aromatic nitrogens is 5. The molecule has 0 aliphatic carbocycles. The number of ketones is 1. The fourth-order valence-corrected chi connectivity index (χ4v) is 4.21. The van der Waals surface area contributed by atoms with Crippen molar-refractivity contribution in [1.29, 1.82) is 0 Å². The highest BCUT2D eigenvalue weighted by Gasteiger charge is 2.26. The molecule has 3 aromatic heterocycles. The Kier molecular flexibility index (Phi) is 5.64. The average molecular weight is 474 g/mol. The van der Waals surface area contributed by atoms with Crippen LogP contribution in [0.5, 0.6) is 0 Å². The zero-order valence-corrected chi connectivity index (χ0v) is 19.6. The van der Waals surface area contributed by atoms with Crippen molar-refractivity contribution in [3.8, 4) is 11.1 Å². The third-order valence-electron chi connectivity index (χ3n) is 5.99. The van der Waals surface area contributed by atoms with Crippen molar-refractivity contribution in [2.75, 3.05) is 17.2 Å². The number of aryl methyl sites for hydroxylation is 2. The van der Waals surface area contributed by atoms with E-state index in [0.717, 1.165) is 11.5 Å². The summed E-state index contributed by atoms with van der Waals surface area (Å²) in [6, 6.07) is 6.26. The number of carbonyl (C=O) groups is 1. The van der Waals surface area contributed by atoms with Crippen molar-refractivity contribution in [3.63, 3.8) is 0 Å². The van der Waals surface area contributed by atoms with Crippen LogP contribution in [0.4, 0.5) is 16.0 Å². The molecule has 0 saturated carbocycles. The highest BCUT2D eigenvalue weighted by Crippen LogP contribution is 2.29. The van der Waals surface area contributed by atoms with Crippen LogP contribution < -0.4 is 10.6 Å². The lowest BCUT2D eigenvalue weighted by atomic mass is 10.1. The topological polar surface area (TPSA) is 116 Å². The maximum absolute atomic E-state index is 13.8. The van der Waals surface area contributed by atoms with Crippen LogP contribution in [0.2, 0.25) is 0 Å². The number of nitrogens with two attached hydrogens (primary N) is 1. The number of fused-ring (bicyclic) bond motifs is 2. The predicted octanol–water partition coefficient (Wildman–Crippen LogP) is 3.94. The van der Waals surface area contributed by atoms with E-state index in [-0.39, 0.29) is 23.0 Å². The second-order valence-corrected chi connectivity index (χ2v) is 8.46. The molecular formula is C25H24FN7O2. The number of benzene rings is 1. The molecule has 4 heterocycles. The Balaban J connectivity index is 1.69. The first-order chi connectivity index (χ1) is 16.8. The van der Waals surface area contributed by atoms with Crippen LogP contribution in [0.3, 0.4) is 0 Å². The molecule has 0 unspecified atom stereocenters. The van der Waals surface area contributed by atoms with Crippen molar-refractivity contribution in [3.05, 3.63) is 71.6 Å². The van der Waals surface area contributed by atoms with Gasteiger partial charge in [-0.15, -0.1) is 0 Å². The fraction of sp³-hybridized carbons (Fsp3) is 0.240. The summed E-state index contributed by atoms with van der Waals surface area (Å²) in [5.74, 6) is 1.48. The van der Waals surface area contributed by atoms with E-state index < -0.39 is 0 Å². The van der Waals surface area contributed by atoms with E-state index in [4.69, 9.17) is 15.1 Å². The Labute approximate surface area is 200 Å². The largest absolute Gasteiger partial charge is 0.446 e. The number of hydrogen-bond acceptors (Lipinski definition) is 8. The fourth-order valence-electron chi connectivity index (χ4n) is 4.21. The van der Waals surface area contributed by atoms with Gasteiger partial charge in [0.15, 0.2) is 11.7 Å². The zero-order chi connectivity index (χ0) is 24.7. The monoisotopic (exact) mass is 473 g/mol. The first-order valence-electron chi connectivity index (χ1n) is 11.1. The van der Waals surface area contributed by atoms with Crippen LogP contribution in [-0.4, -0.2) is 37.1 Å². The first kappa shape index (κ1) is 22.5. The summed E-state index contributed by atoms with van der Waals surface area (Å²) in [7, 11) is 1.67. The number of halogens is 1. The highest BCUT2D eigenvalue weighted by atomic mass is 19.1. The number of carbonyl (C=O) groups excluding carboxylic acids is 1. The quantitative estimate of drug-likeness (QED) is 0.445. The van der Waals surface area contributed by atoms with Gasteiger partial charge < -0.3 is 15.1 Å². The van der Waals surface area contributed by atoms with Gasteiger partial charge in [-0.05, 0) is 31.2 Å². The van der Waals surface area contributed by atoms with Crippen LogP contribution in [-0.2, 0) is 20.0 Å². The molecule has 10 heteroatoms. The summed E-state index contributed by atoms with van der Waals surface area (Å²) in [6.45, 7) is 4.27. The van der Waals surface area contributed by atoms with Gasteiger partial charge in [0.25, 0.3) is 0 Å². The zero-order valence-electron chi connectivity index (χ0n) is 19.6. The highest BCUT2D eigenvalue weighted by molar-refractivity contribution is 6.02. The van der Waals surface area contributed by atoms with Crippen molar-refractivity contribution in [2.45, 2.75) is 26.8 Å². The number of anilines is 2. The summed E-state index contributed by atoms with van der Waals surface area (Å²) >= 11 is 0. The van der Waals surface area contributed by atoms with Gasteiger partial charge in [0.05, 0.1) is 18.3 Å². The van der Waals surface area contributed by atoms with Crippen LogP contribution in [0, 0.1) is 12.7 Å². The number of Topliss-reactive ketones (excluding diaryl/α,β-unsaturated/α-hetero) is 1. The van der Waals surface area contributed by atoms with E-state index >= 15 is 0 Å². The molecule has 5 rings (SSSR count). The standard InChI is InChI=1S/C25H24FN7O2/c1-14(34)23-24(27)32(3)30-12-18(17-8-16-9-19(26)4-5-20(16)28-10-17)11-29-25(23)33-7-6-22-21(13-33)31-15(2)35-22/h4-5,8-12H,6-7,13,27H2,1-3H3. The molecule has 0 saturated heterocycles. The van der Waals surface area contributed by atoms with Gasteiger partial charge in [0, 0.05) is 55.8 Å². The molecule has 1 aliphatic rings. The molecule has 9 nitrogen and oxygen atoms in total. The Morgan fingerprint density at radius 1 is 1.14 bits per heavy atom. The number of rotatable bonds is 3. The van der Waals surface area contributed by atoms with Crippen LogP contribution in [0.15, 0.2) is 47.3 Å². The van der Waals surface area contributed by atoms with Crippen LogP contribution in [0.1, 0.15) is 34.6 Å². The van der Waals surface area contributed by atoms with Crippen LogP contribution >= 0.6 is 0 Å². The maximum atomic E-state index is 13.8. The van der Waals surface area contributed by atoms with E-state index in [1.54, 1.807) is 31.7 Å². The van der Waals surface area contributed by atoms with Gasteiger partial charge in [-0.1, -0.05) is 0 Å². The van der Waals surface area contributed by atoms with Gasteiger partial charge in [-0.25, -0.2) is 14.4 Å². The molecule has 1 aromatic carbocycles. The predicted molar refractivity (Wildman–Crippen MR) is 130 cm³/mol. The average Bonchev–Trinajstić information content (AvgIpc) is 3.22. The number of nitrogens with zero attached hydrogens (tertiary/aromatic N) is 6. The minimum atomic E-state index is -0.343. The van der Waals surface area contributed by atoms with E-state index in [9.17, 15) is 9.18 Å². The van der Waals surface area contributed by atoms with Gasteiger partial charge in [-0.3, -0.25) is 14.5 Å². The lowest BCUT2D eigenvalue weighted by Gasteiger charge is -2.27. The van der Waals surface area contributed by atoms with Crippen molar-refractivity contribution in [1.82, 2.24) is 24.7 Å². The third kappa shape index (κ3) is 4.30. The Bertz CT molecular complexity index is 1520. The molecule has 0 radical (unpaired) electrons. The molecule has 178 valence electrons. The number of oxazole rings is 1. The van der Waals surface area contributed by atoms with Crippen LogP contribution in [0.25, 0.3) is 22.0 Å². The van der Waals surface area contributed by atoms with E-state index in [2.05, 4.69) is 15.1 Å². The second-order valence-electron chi connectivity index (χ2n) is 8.46. The van der Waals surface area contributed by atoms with Gasteiger partial charge in [-0.2, -0.15) is 5.10 Å².